The summed E-state index contributed by atoms with van der Waals surface area (Å²) < 4.78 is 15.0. The lowest BCUT2D eigenvalue weighted by Gasteiger charge is -2.49. The van der Waals surface area contributed by atoms with Gasteiger partial charge in [-0.3, -0.25) is 19.3 Å². The molecule has 59 heavy (non-hydrogen) atoms. The predicted octanol–water partition coefficient (Wildman–Crippen LogP) is 6.38. The van der Waals surface area contributed by atoms with Crippen LogP contribution in [0.25, 0.3) is 17.3 Å². The fraction of sp³-hybridized carbons (Fsp3) is 0.238. The van der Waals surface area contributed by atoms with Gasteiger partial charge in [0.1, 0.15) is 23.3 Å². The lowest BCUT2D eigenvalue weighted by atomic mass is 9.78. The molecule has 1 saturated heterocycles. The van der Waals surface area contributed by atoms with Crippen molar-refractivity contribution >= 4 is 75.8 Å². The van der Waals surface area contributed by atoms with E-state index in [-0.39, 0.29) is 18.0 Å². The molecule has 2 aliphatic rings. The summed E-state index contributed by atoms with van der Waals surface area (Å²) in [6.45, 7) is 5.13. The first kappa shape index (κ1) is 41.0. The molecule has 2 aromatic heterocycles. The average molecular weight is 850 g/mol. The van der Waals surface area contributed by atoms with Gasteiger partial charge in [0.2, 0.25) is 11.9 Å². The van der Waals surface area contributed by atoms with E-state index in [0.717, 1.165) is 22.9 Å². The van der Waals surface area contributed by atoms with E-state index < -0.39 is 47.1 Å². The second-order valence-corrected chi connectivity index (χ2v) is 16.3. The monoisotopic (exact) mass is 849 g/mol. The highest BCUT2D eigenvalue weighted by molar-refractivity contribution is 8.00. The fourth-order valence-corrected chi connectivity index (χ4v) is 8.91. The third kappa shape index (κ3) is 8.67. The first-order valence-corrected chi connectivity index (χ1v) is 21.3. The maximum Gasteiger partial charge on any atom is 0.358 e. The van der Waals surface area contributed by atoms with Crippen LogP contribution in [0.3, 0.4) is 0 Å². The Morgan fingerprint density at radius 2 is 1.68 bits per heavy atom. The number of thioether (sulfide) groups is 1. The van der Waals surface area contributed by atoms with Crippen LogP contribution >= 0.6 is 34.6 Å². The molecule has 14 nitrogen and oxygen atoms in total. The number of hydrogen-bond acceptors (Lipinski definition) is 15. The smallest absolute Gasteiger partial charge is 0.358 e. The Bertz CT molecular complexity index is 2360. The van der Waals surface area contributed by atoms with Crippen molar-refractivity contribution in [1.29, 1.82) is 0 Å². The first-order valence-electron chi connectivity index (χ1n) is 18.6. The lowest BCUT2D eigenvalue weighted by molar-refractivity contribution is -0.195. The van der Waals surface area contributed by atoms with Crippen molar-refractivity contribution in [1.82, 2.24) is 24.8 Å². The van der Waals surface area contributed by atoms with Crippen LogP contribution in [-0.4, -0.2) is 72.9 Å². The number of nitrogens with two attached hydrogens (primary N) is 1. The number of carbonyl (C=O) groups is 4. The molecule has 2 amide bonds. The highest BCUT2D eigenvalue weighted by Gasteiger charge is 2.54. The zero-order valence-electron chi connectivity index (χ0n) is 32.1. The van der Waals surface area contributed by atoms with E-state index in [4.69, 9.17) is 20.0 Å². The molecule has 0 radical (unpaired) electrons. The summed E-state index contributed by atoms with van der Waals surface area (Å²) in [6.07, 6.45) is 3.25. The normalized spacial score (nSPS) is 17.2. The van der Waals surface area contributed by atoms with Crippen LogP contribution in [0, 0.1) is 5.92 Å². The molecule has 0 bridgehead atoms. The third-order valence-electron chi connectivity index (χ3n) is 9.45. The minimum Gasteiger partial charge on any atom is -0.425 e. The van der Waals surface area contributed by atoms with Crippen molar-refractivity contribution in [3.8, 4) is 11.3 Å². The topological polar surface area (TPSA) is 188 Å². The van der Waals surface area contributed by atoms with Crippen LogP contribution in [0.2, 0.25) is 0 Å². The van der Waals surface area contributed by atoms with Gasteiger partial charge in [0.25, 0.3) is 11.8 Å². The van der Waals surface area contributed by atoms with Crippen molar-refractivity contribution in [3.05, 3.63) is 135 Å². The summed E-state index contributed by atoms with van der Waals surface area (Å²) in [5, 5.41) is 14.4. The van der Waals surface area contributed by atoms with E-state index in [9.17, 15) is 19.2 Å². The molecule has 4 heterocycles. The van der Waals surface area contributed by atoms with E-state index >= 15 is 0 Å². The standard InChI is InChI=1S/C42H39N7O7S3/c1-4-34(51)54-40(25(2)3)55-39(53)36-26(19-20-29-23-59-48-47-29)22-57-38-35(37(52)49(36)38)46-33(50)21-44-56-42(27-13-7-5-8-14-27,28-15-9-6-10-16-28)31-18-12-11-17-30(31)32-24-58-41(43)45-32/h5-21,23-25,35,38,40H,4,22H2,1-3H3,(H2,43,45)(H,46,50)/b20-19-,44-21-. The van der Waals surface area contributed by atoms with E-state index in [1.807, 2.05) is 90.3 Å². The number of anilines is 1. The number of benzene rings is 3. The molecule has 0 saturated carbocycles. The van der Waals surface area contributed by atoms with Gasteiger partial charge in [-0.2, -0.15) is 0 Å². The molecule has 7 rings (SSSR count). The SMILES string of the molecule is CCC(=O)OC(OC(=O)C1=C(/C=C\c2csnn2)CSC2C(NC(=O)/C=N\OC(c3ccccc3)(c3ccccc3)c3ccccc3-c3csc(N)n3)C(=O)N12)C(C)C. The highest BCUT2D eigenvalue weighted by Crippen LogP contribution is 2.45. The number of ether oxygens (including phenoxy) is 2. The molecule has 5 aromatic rings. The molecule has 3 unspecified atom stereocenters. The number of fused-ring (bicyclic) bond motifs is 1. The summed E-state index contributed by atoms with van der Waals surface area (Å²) in [5.41, 5.74) is 9.30. The number of hydrogen-bond donors (Lipinski definition) is 2. The lowest BCUT2D eigenvalue weighted by Crippen LogP contribution is -2.70. The maximum atomic E-state index is 13.9. The zero-order valence-corrected chi connectivity index (χ0v) is 34.5. The Hall–Kier alpha value is -6.17. The highest BCUT2D eigenvalue weighted by atomic mass is 32.2. The Balaban J connectivity index is 1.16. The number of carbonyl (C=O) groups excluding carboxylic acids is 4. The van der Waals surface area contributed by atoms with Crippen LogP contribution in [0.1, 0.15) is 49.6 Å². The zero-order chi connectivity index (χ0) is 41.5. The van der Waals surface area contributed by atoms with E-state index in [2.05, 4.69) is 25.0 Å². The van der Waals surface area contributed by atoms with Gasteiger partial charge in [-0.05, 0) is 23.2 Å². The minimum atomic E-state index is -1.37. The summed E-state index contributed by atoms with van der Waals surface area (Å²) in [4.78, 5) is 65.9. The van der Waals surface area contributed by atoms with Gasteiger partial charge in [0.15, 0.2) is 5.13 Å². The fourth-order valence-electron chi connectivity index (χ4n) is 6.61. The summed E-state index contributed by atoms with van der Waals surface area (Å²) in [7, 11) is 0. The van der Waals surface area contributed by atoms with Gasteiger partial charge in [-0.15, -0.1) is 28.2 Å². The van der Waals surface area contributed by atoms with Crippen LogP contribution in [0.4, 0.5) is 5.13 Å². The van der Waals surface area contributed by atoms with E-state index in [1.165, 1.54) is 39.5 Å². The number of nitrogens with one attached hydrogen (secondary N) is 1. The average Bonchev–Trinajstić information content (AvgIpc) is 3.95. The molecule has 3 aromatic carbocycles. The molecule has 0 aliphatic carbocycles. The predicted molar refractivity (Wildman–Crippen MR) is 226 cm³/mol. The molecule has 17 heteroatoms. The van der Waals surface area contributed by atoms with Crippen LogP contribution in [0.15, 0.2) is 118 Å². The number of nitrogens with zero attached hydrogens (tertiary/aromatic N) is 5. The molecule has 1 fully saturated rings. The Morgan fingerprint density at radius 3 is 2.31 bits per heavy atom. The van der Waals surface area contributed by atoms with Crippen LogP contribution < -0.4 is 11.1 Å². The molecule has 3 N–H and O–H groups in total. The molecule has 2 aliphatic heterocycles. The summed E-state index contributed by atoms with van der Waals surface area (Å²) >= 11 is 3.85. The van der Waals surface area contributed by atoms with Crippen LogP contribution in [0.5, 0.6) is 0 Å². The number of aromatic nitrogens is 3. The largest absolute Gasteiger partial charge is 0.425 e. The molecular formula is C42H39N7O7S3. The maximum absolute atomic E-state index is 13.9. The number of nitrogen functional groups attached to an aromatic ring is 1. The van der Waals surface area contributed by atoms with Gasteiger partial charge in [0.05, 0.1) is 11.4 Å². The third-order valence-corrected chi connectivity index (χ3v) is 11.9. The molecule has 3 atom stereocenters. The van der Waals surface area contributed by atoms with Crippen molar-refractivity contribution in [3.63, 3.8) is 0 Å². The molecule has 302 valence electrons. The van der Waals surface area contributed by atoms with Crippen molar-refractivity contribution in [2.75, 3.05) is 11.5 Å². The van der Waals surface area contributed by atoms with Crippen molar-refractivity contribution < 1.29 is 33.5 Å². The van der Waals surface area contributed by atoms with E-state index in [0.29, 0.717) is 33.4 Å². The van der Waals surface area contributed by atoms with Gasteiger partial charge < -0.3 is 25.4 Å². The molecule has 0 spiro atoms. The van der Waals surface area contributed by atoms with Crippen molar-refractivity contribution in [2.45, 2.75) is 50.5 Å². The Labute approximate surface area is 352 Å². The van der Waals surface area contributed by atoms with Gasteiger partial charge >= 0.3 is 11.9 Å². The minimum absolute atomic E-state index is 0.0186. The van der Waals surface area contributed by atoms with Gasteiger partial charge in [-0.1, -0.05) is 121 Å². The number of allylic oxidation sites excluding steroid dienone is 1. The number of β-lactam (4-membered cyclic amide) rings is 1. The number of amides is 2. The van der Waals surface area contributed by atoms with Crippen LogP contribution in [-0.2, 0) is 39.1 Å². The quantitative estimate of drug-likeness (QED) is 0.0296. The second kappa shape index (κ2) is 18.2. The van der Waals surface area contributed by atoms with Gasteiger partial charge in [-0.25, -0.2) is 9.78 Å². The number of esters is 2. The Morgan fingerprint density at radius 1 is 0.983 bits per heavy atom. The second-order valence-electron chi connectivity index (χ2n) is 13.6. The first-order chi connectivity index (χ1) is 28.6. The van der Waals surface area contributed by atoms with Crippen molar-refractivity contribution in [2.24, 2.45) is 11.1 Å². The summed E-state index contributed by atoms with van der Waals surface area (Å²) in [6, 6.07) is 25.7. The summed E-state index contributed by atoms with van der Waals surface area (Å²) in [5.74, 6) is -2.69. The number of thiazole rings is 1. The van der Waals surface area contributed by atoms with E-state index in [1.54, 1.807) is 38.3 Å². The molecular weight excluding hydrogens is 811 g/mol. The number of oxime groups is 1. The van der Waals surface area contributed by atoms with Gasteiger partial charge in [0, 0.05) is 51.1 Å². The number of rotatable bonds is 15. The Kier molecular flexibility index (Phi) is 12.6.